The average molecular weight is 253 g/mol. The topological polar surface area (TPSA) is 92.1 Å². The number of nitrogens with two attached hydrogens (primary N) is 1. The molecule has 18 heavy (non-hydrogen) atoms. The van der Waals surface area contributed by atoms with Crippen molar-refractivity contribution in [3.05, 3.63) is 23.7 Å². The van der Waals surface area contributed by atoms with Crippen LogP contribution in [0.3, 0.4) is 0 Å². The first-order valence-electron chi connectivity index (χ1n) is 5.81. The Hall–Kier alpha value is -1.98. The van der Waals surface area contributed by atoms with Gasteiger partial charge in [0.05, 0.1) is 0 Å². The summed E-state index contributed by atoms with van der Waals surface area (Å²) in [7, 11) is 1.66. The number of carbonyl (C=O) groups excluding carboxylic acids is 1. The van der Waals surface area contributed by atoms with E-state index >= 15 is 0 Å². The van der Waals surface area contributed by atoms with E-state index in [1.54, 1.807) is 19.2 Å². The predicted octanol–water partition coefficient (Wildman–Crippen LogP) is 1.44. The third kappa shape index (κ3) is 3.26. The highest BCUT2D eigenvalue weighted by Crippen LogP contribution is 2.13. The molecule has 0 saturated heterocycles. The van der Waals surface area contributed by atoms with Crippen molar-refractivity contribution in [2.75, 3.05) is 7.05 Å². The minimum atomic E-state index is -0.215. The highest BCUT2D eigenvalue weighted by Gasteiger charge is 2.21. The molecule has 1 atom stereocenters. The van der Waals surface area contributed by atoms with Gasteiger partial charge in [0, 0.05) is 25.9 Å². The average Bonchev–Trinajstić information content (AvgIpc) is 2.85. The molecule has 0 saturated carbocycles. The Labute approximate surface area is 106 Å². The standard InChI is InChI=1S/C12H19N3O3/c1-4-9-5-6-10(18-9)12(16)15(3)8(2)7-11(13)14-17/h5-6,8,17H,4,7H2,1-3H3,(H2,13,14). The van der Waals surface area contributed by atoms with Crippen molar-refractivity contribution in [2.45, 2.75) is 32.7 Å². The molecule has 1 rings (SSSR count). The van der Waals surface area contributed by atoms with Crippen LogP contribution in [0.5, 0.6) is 0 Å². The minimum absolute atomic E-state index is 0.0934. The van der Waals surface area contributed by atoms with E-state index in [1.807, 2.05) is 13.8 Å². The number of hydrogen-bond donors (Lipinski definition) is 2. The van der Waals surface area contributed by atoms with Crippen LogP contribution in [-0.4, -0.2) is 34.9 Å². The Morgan fingerprint density at radius 1 is 1.61 bits per heavy atom. The van der Waals surface area contributed by atoms with Gasteiger partial charge >= 0.3 is 0 Å². The van der Waals surface area contributed by atoms with Gasteiger partial charge in [-0.05, 0) is 19.1 Å². The van der Waals surface area contributed by atoms with Crippen LogP contribution in [0.15, 0.2) is 21.7 Å². The van der Waals surface area contributed by atoms with Crippen molar-refractivity contribution in [2.24, 2.45) is 10.9 Å². The molecule has 1 amide bonds. The first-order valence-corrected chi connectivity index (χ1v) is 5.81. The second kappa shape index (κ2) is 6.09. The summed E-state index contributed by atoms with van der Waals surface area (Å²) in [5.41, 5.74) is 5.41. The van der Waals surface area contributed by atoms with E-state index < -0.39 is 0 Å². The van der Waals surface area contributed by atoms with E-state index in [1.165, 1.54) is 4.90 Å². The molecule has 3 N–H and O–H groups in total. The fraction of sp³-hybridized carbons (Fsp3) is 0.500. The smallest absolute Gasteiger partial charge is 0.289 e. The molecule has 0 fully saturated rings. The lowest BCUT2D eigenvalue weighted by molar-refractivity contribution is 0.0713. The third-order valence-corrected chi connectivity index (χ3v) is 2.84. The van der Waals surface area contributed by atoms with Crippen LogP contribution in [0.2, 0.25) is 0 Å². The summed E-state index contributed by atoms with van der Waals surface area (Å²) in [5, 5.41) is 11.4. The maximum atomic E-state index is 12.1. The van der Waals surface area contributed by atoms with Crippen LogP contribution in [0.25, 0.3) is 0 Å². The molecular formula is C12H19N3O3. The molecule has 0 aliphatic heterocycles. The molecule has 0 spiro atoms. The summed E-state index contributed by atoms with van der Waals surface area (Å²) < 4.78 is 5.40. The third-order valence-electron chi connectivity index (χ3n) is 2.84. The molecule has 6 heteroatoms. The Kier molecular flexibility index (Phi) is 4.76. The fourth-order valence-corrected chi connectivity index (χ4v) is 1.54. The quantitative estimate of drug-likeness (QED) is 0.359. The molecular weight excluding hydrogens is 234 g/mol. The number of furan rings is 1. The van der Waals surface area contributed by atoms with Gasteiger partial charge in [0.15, 0.2) is 5.76 Å². The molecule has 0 aliphatic carbocycles. The zero-order valence-electron chi connectivity index (χ0n) is 10.9. The predicted molar refractivity (Wildman–Crippen MR) is 67.7 cm³/mol. The van der Waals surface area contributed by atoms with Crippen molar-refractivity contribution in [1.82, 2.24) is 4.90 Å². The molecule has 6 nitrogen and oxygen atoms in total. The summed E-state index contributed by atoms with van der Waals surface area (Å²) in [4.78, 5) is 13.6. The largest absolute Gasteiger partial charge is 0.456 e. The Bertz CT molecular complexity index is 440. The number of amidine groups is 1. The number of amides is 1. The number of rotatable bonds is 5. The summed E-state index contributed by atoms with van der Waals surface area (Å²) in [6.07, 6.45) is 1.05. The second-order valence-corrected chi connectivity index (χ2v) is 4.18. The summed E-state index contributed by atoms with van der Waals surface area (Å²) >= 11 is 0. The van der Waals surface area contributed by atoms with Gasteiger partial charge in [-0.25, -0.2) is 0 Å². The van der Waals surface area contributed by atoms with Gasteiger partial charge in [0.25, 0.3) is 5.91 Å². The molecule has 1 aromatic heterocycles. The first kappa shape index (κ1) is 14.1. The lowest BCUT2D eigenvalue weighted by Gasteiger charge is -2.23. The van der Waals surface area contributed by atoms with E-state index in [9.17, 15) is 4.79 Å². The molecule has 0 aromatic carbocycles. The number of oxime groups is 1. The molecule has 100 valence electrons. The minimum Gasteiger partial charge on any atom is -0.456 e. The van der Waals surface area contributed by atoms with Gasteiger partial charge in [-0.3, -0.25) is 4.79 Å². The zero-order chi connectivity index (χ0) is 13.7. The highest BCUT2D eigenvalue weighted by molar-refractivity contribution is 5.92. The van der Waals surface area contributed by atoms with Gasteiger partial charge in [-0.15, -0.1) is 0 Å². The van der Waals surface area contributed by atoms with Crippen LogP contribution in [-0.2, 0) is 6.42 Å². The van der Waals surface area contributed by atoms with Crippen molar-refractivity contribution in [1.29, 1.82) is 0 Å². The maximum absolute atomic E-state index is 12.1. The number of carbonyl (C=O) groups is 1. The lowest BCUT2D eigenvalue weighted by Crippen LogP contribution is -2.37. The van der Waals surface area contributed by atoms with Gasteiger partial charge in [-0.1, -0.05) is 12.1 Å². The van der Waals surface area contributed by atoms with Gasteiger partial charge < -0.3 is 20.3 Å². The summed E-state index contributed by atoms with van der Waals surface area (Å²) in [5.74, 6) is 0.959. The summed E-state index contributed by atoms with van der Waals surface area (Å²) in [6.45, 7) is 3.78. The SMILES string of the molecule is CCc1ccc(C(=O)N(C)C(C)CC(N)=NO)o1. The Morgan fingerprint density at radius 2 is 2.28 bits per heavy atom. The highest BCUT2D eigenvalue weighted by atomic mass is 16.4. The van der Waals surface area contributed by atoms with E-state index in [0.29, 0.717) is 12.2 Å². The Balaban J connectivity index is 2.71. The van der Waals surface area contributed by atoms with E-state index in [2.05, 4.69) is 5.16 Å². The number of hydrogen-bond acceptors (Lipinski definition) is 4. The normalized spacial score (nSPS) is 13.4. The molecule has 0 radical (unpaired) electrons. The van der Waals surface area contributed by atoms with Crippen molar-refractivity contribution in [3.63, 3.8) is 0 Å². The number of nitrogens with zero attached hydrogens (tertiary/aromatic N) is 2. The van der Waals surface area contributed by atoms with Gasteiger partial charge in [0.2, 0.25) is 0 Å². The zero-order valence-corrected chi connectivity index (χ0v) is 10.9. The van der Waals surface area contributed by atoms with Crippen LogP contribution in [0.1, 0.15) is 36.6 Å². The van der Waals surface area contributed by atoms with E-state index in [-0.39, 0.29) is 17.8 Å². The van der Waals surface area contributed by atoms with Gasteiger partial charge in [-0.2, -0.15) is 0 Å². The Morgan fingerprint density at radius 3 is 2.78 bits per heavy atom. The van der Waals surface area contributed by atoms with Crippen molar-refractivity contribution in [3.8, 4) is 0 Å². The first-order chi connectivity index (χ1) is 8.49. The van der Waals surface area contributed by atoms with Crippen LogP contribution >= 0.6 is 0 Å². The number of aryl methyl sites for hydroxylation is 1. The van der Waals surface area contributed by atoms with E-state index in [0.717, 1.165) is 12.2 Å². The van der Waals surface area contributed by atoms with Crippen molar-refractivity contribution >= 4 is 11.7 Å². The fourth-order valence-electron chi connectivity index (χ4n) is 1.54. The molecule has 0 aliphatic rings. The second-order valence-electron chi connectivity index (χ2n) is 4.18. The van der Waals surface area contributed by atoms with Crippen LogP contribution < -0.4 is 5.73 Å². The molecule has 1 aromatic rings. The van der Waals surface area contributed by atoms with Crippen LogP contribution in [0.4, 0.5) is 0 Å². The molecule has 1 heterocycles. The van der Waals surface area contributed by atoms with E-state index in [4.69, 9.17) is 15.4 Å². The van der Waals surface area contributed by atoms with Crippen LogP contribution in [0, 0.1) is 0 Å². The molecule has 1 unspecified atom stereocenters. The maximum Gasteiger partial charge on any atom is 0.289 e. The monoisotopic (exact) mass is 253 g/mol. The molecule has 0 bridgehead atoms. The summed E-state index contributed by atoms with van der Waals surface area (Å²) in [6, 6.07) is 3.27. The van der Waals surface area contributed by atoms with Gasteiger partial charge in [0.1, 0.15) is 11.6 Å². The van der Waals surface area contributed by atoms with Crippen molar-refractivity contribution < 1.29 is 14.4 Å². The lowest BCUT2D eigenvalue weighted by atomic mass is 10.2.